The van der Waals surface area contributed by atoms with Crippen LogP contribution in [0, 0.1) is 5.82 Å². The number of halogens is 6. The van der Waals surface area contributed by atoms with E-state index >= 15 is 0 Å². The van der Waals surface area contributed by atoms with Gasteiger partial charge < -0.3 is 5.32 Å². The van der Waals surface area contributed by atoms with Crippen molar-refractivity contribution in [3.63, 3.8) is 0 Å². The van der Waals surface area contributed by atoms with Gasteiger partial charge in [-0.1, -0.05) is 17.7 Å². The average Bonchev–Trinajstić information content (AvgIpc) is 3.26. The number of sulfonamides is 1. The zero-order chi connectivity index (χ0) is 27.0. The Kier molecular flexibility index (Phi) is 7.49. The largest absolute Gasteiger partial charge is 0.451 e. The highest BCUT2D eigenvalue weighted by atomic mass is 35.5. The number of nitrogens with one attached hydrogen (secondary N) is 1. The number of benzene rings is 2. The molecule has 1 fully saturated rings. The molecule has 196 valence electrons. The van der Waals surface area contributed by atoms with Crippen molar-refractivity contribution < 1.29 is 35.2 Å². The van der Waals surface area contributed by atoms with Gasteiger partial charge in [-0.2, -0.15) is 17.5 Å². The zero-order valence-electron chi connectivity index (χ0n) is 18.7. The molecule has 3 aromatic rings. The summed E-state index contributed by atoms with van der Waals surface area (Å²) >= 11 is 6.20. The Morgan fingerprint density at radius 3 is 2.35 bits per heavy atom. The lowest BCUT2D eigenvalue weighted by Crippen LogP contribution is -2.45. The number of nitrogens with zero attached hydrogens (tertiary/aromatic N) is 3. The molecule has 0 saturated carbocycles. The Bertz CT molecular complexity index is 1400. The normalized spacial score (nSPS) is 18.6. The van der Waals surface area contributed by atoms with Gasteiger partial charge in [-0.3, -0.25) is 4.79 Å². The fraction of sp³-hybridized carbons (Fsp3) is 0.261. The molecule has 1 N–H and O–H groups in total. The fourth-order valence-corrected chi connectivity index (χ4v) is 5.63. The van der Waals surface area contributed by atoms with Crippen LogP contribution in [0.1, 0.15) is 17.8 Å². The Morgan fingerprint density at radius 1 is 1.08 bits per heavy atom. The third-order valence-electron chi connectivity index (χ3n) is 5.67. The minimum absolute atomic E-state index is 0.176. The van der Waals surface area contributed by atoms with Crippen LogP contribution in [-0.2, 0) is 27.5 Å². The summed E-state index contributed by atoms with van der Waals surface area (Å²) in [6.07, 6.45) is -4.65. The van der Waals surface area contributed by atoms with Gasteiger partial charge in [0.25, 0.3) is 0 Å². The lowest BCUT2D eigenvalue weighted by atomic mass is 10.1. The predicted octanol–water partition coefficient (Wildman–Crippen LogP) is 4.37. The van der Waals surface area contributed by atoms with Crippen molar-refractivity contribution in [2.75, 3.05) is 6.54 Å². The zero-order valence-corrected chi connectivity index (χ0v) is 20.3. The minimum atomic E-state index is -4.69. The van der Waals surface area contributed by atoms with E-state index in [2.05, 4.69) is 15.3 Å². The molecule has 1 amide bonds. The van der Waals surface area contributed by atoms with Crippen LogP contribution in [-0.4, -0.2) is 47.4 Å². The van der Waals surface area contributed by atoms with Crippen LogP contribution in [0.2, 0.25) is 5.02 Å². The minimum Gasteiger partial charge on any atom is -0.351 e. The Morgan fingerprint density at radius 2 is 1.73 bits per heavy atom. The quantitative estimate of drug-likeness (QED) is 0.452. The monoisotopic (exact) mass is 560 g/mol. The van der Waals surface area contributed by atoms with Crippen LogP contribution in [0.4, 0.5) is 22.0 Å². The molecule has 2 atom stereocenters. The van der Waals surface area contributed by atoms with E-state index in [9.17, 15) is 35.2 Å². The molecule has 1 aliphatic heterocycles. The first-order valence-corrected chi connectivity index (χ1v) is 12.6. The maximum Gasteiger partial charge on any atom is 0.451 e. The third-order valence-corrected chi connectivity index (χ3v) is 7.92. The van der Waals surface area contributed by atoms with Gasteiger partial charge >= 0.3 is 6.18 Å². The van der Waals surface area contributed by atoms with E-state index < -0.39 is 52.5 Å². The van der Waals surface area contributed by atoms with Gasteiger partial charge in [-0.25, -0.2) is 27.2 Å². The Balaban J connectivity index is 1.50. The number of aromatic nitrogens is 2. The molecule has 1 saturated heterocycles. The molecule has 0 spiro atoms. The SMILES string of the molecule is O=C(NCc1cc(-c2cnc(C(F)(F)F)nc2)ccc1Cl)[C@@H]1C[C@@H](F)CN1S(=O)(=O)c1ccc(F)cc1. The summed E-state index contributed by atoms with van der Waals surface area (Å²) < 4.78 is 92.3. The van der Waals surface area contributed by atoms with Crippen molar-refractivity contribution in [3.05, 3.63) is 77.1 Å². The molecule has 0 aliphatic carbocycles. The highest BCUT2D eigenvalue weighted by molar-refractivity contribution is 7.89. The van der Waals surface area contributed by atoms with E-state index in [-0.39, 0.29) is 28.4 Å². The van der Waals surface area contributed by atoms with Gasteiger partial charge in [-0.15, -0.1) is 0 Å². The standard InChI is InChI=1S/C23H18ClF5N4O3S/c24-19-6-1-13(15-10-31-22(32-11-15)23(27,28)29)7-14(19)9-30-21(34)20-8-17(26)12-33(20)37(35,36)18-4-2-16(25)3-5-18/h1-7,10-11,17,20H,8-9,12H2,(H,30,34)/t17-,20+/m1/s1. The summed E-state index contributed by atoms with van der Waals surface area (Å²) in [4.78, 5) is 19.2. The molecule has 1 aliphatic rings. The second-order valence-electron chi connectivity index (χ2n) is 8.19. The summed E-state index contributed by atoms with van der Waals surface area (Å²) in [5.74, 6) is -2.72. The lowest BCUT2D eigenvalue weighted by Gasteiger charge is -2.23. The molecule has 0 unspecified atom stereocenters. The van der Waals surface area contributed by atoms with Crippen LogP contribution in [0.5, 0.6) is 0 Å². The first-order chi connectivity index (χ1) is 17.4. The van der Waals surface area contributed by atoms with Crippen molar-refractivity contribution in [2.24, 2.45) is 0 Å². The Hall–Kier alpha value is -3.16. The van der Waals surface area contributed by atoms with Crippen LogP contribution in [0.15, 0.2) is 59.8 Å². The van der Waals surface area contributed by atoms with E-state index in [4.69, 9.17) is 11.6 Å². The summed E-state index contributed by atoms with van der Waals surface area (Å²) in [5, 5.41) is 2.76. The topological polar surface area (TPSA) is 92.3 Å². The van der Waals surface area contributed by atoms with E-state index in [1.54, 1.807) is 0 Å². The summed E-state index contributed by atoms with van der Waals surface area (Å²) in [6.45, 7) is -0.715. The number of hydrogen-bond acceptors (Lipinski definition) is 5. The van der Waals surface area contributed by atoms with Crippen LogP contribution in [0.25, 0.3) is 11.1 Å². The van der Waals surface area contributed by atoms with Crippen molar-refractivity contribution in [2.45, 2.75) is 36.3 Å². The number of carbonyl (C=O) groups excluding carboxylic acids is 1. The second-order valence-corrected chi connectivity index (χ2v) is 10.5. The molecular weight excluding hydrogens is 543 g/mol. The number of rotatable bonds is 6. The molecule has 14 heteroatoms. The smallest absolute Gasteiger partial charge is 0.351 e. The molecule has 2 heterocycles. The fourth-order valence-electron chi connectivity index (χ4n) is 3.82. The summed E-state index contributed by atoms with van der Waals surface area (Å²) in [7, 11) is -4.28. The van der Waals surface area contributed by atoms with E-state index in [1.807, 2.05) is 0 Å². The molecule has 0 radical (unpaired) electrons. The van der Waals surface area contributed by atoms with Crippen molar-refractivity contribution in [1.82, 2.24) is 19.6 Å². The van der Waals surface area contributed by atoms with Gasteiger partial charge in [0.1, 0.15) is 18.0 Å². The average molecular weight is 561 g/mol. The van der Waals surface area contributed by atoms with Gasteiger partial charge in [0.05, 0.1) is 4.90 Å². The maximum atomic E-state index is 14.2. The van der Waals surface area contributed by atoms with Gasteiger partial charge in [0.15, 0.2) is 0 Å². The molecule has 37 heavy (non-hydrogen) atoms. The van der Waals surface area contributed by atoms with Crippen molar-refractivity contribution in [1.29, 1.82) is 0 Å². The van der Waals surface area contributed by atoms with Crippen LogP contribution >= 0.6 is 11.6 Å². The van der Waals surface area contributed by atoms with Crippen LogP contribution in [0.3, 0.4) is 0 Å². The number of carbonyl (C=O) groups is 1. The third kappa shape index (κ3) is 5.89. The maximum absolute atomic E-state index is 14.2. The highest BCUT2D eigenvalue weighted by Gasteiger charge is 2.44. The molecule has 4 rings (SSSR count). The van der Waals surface area contributed by atoms with Crippen molar-refractivity contribution >= 4 is 27.5 Å². The van der Waals surface area contributed by atoms with E-state index in [0.29, 0.717) is 11.1 Å². The van der Waals surface area contributed by atoms with Gasteiger partial charge in [-0.05, 0) is 47.5 Å². The molecule has 1 aromatic heterocycles. The summed E-state index contributed by atoms with van der Waals surface area (Å²) in [6, 6.07) is 7.10. The lowest BCUT2D eigenvalue weighted by molar-refractivity contribution is -0.145. The second kappa shape index (κ2) is 10.3. The van der Waals surface area contributed by atoms with Gasteiger partial charge in [0.2, 0.25) is 21.8 Å². The van der Waals surface area contributed by atoms with E-state index in [1.165, 1.54) is 18.2 Å². The van der Waals surface area contributed by atoms with E-state index in [0.717, 1.165) is 41.0 Å². The first-order valence-electron chi connectivity index (χ1n) is 10.7. The van der Waals surface area contributed by atoms with Crippen molar-refractivity contribution in [3.8, 4) is 11.1 Å². The van der Waals surface area contributed by atoms with Crippen LogP contribution < -0.4 is 5.32 Å². The molecule has 2 aromatic carbocycles. The summed E-state index contributed by atoms with van der Waals surface area (Å²) in [5.41, 5.74) is 1.06. The number of amides is 1. The van der Waals surface area contributed by atoms with Gasteiger partial charge in [0, 0.05) is 42.5 Å². The number of hydrogen-bond donors (Lipinski definition) is 1. The highest BCUT2D eigenvalue weighted by Crippen LogP contribution is 2.30. The molecule has 7 nitrogen and oxygen atoms in total. The predicted molar refractivity (Wildman–Crippen MR) is 123 cm³/mol. The molecular formula is C23H18ClF5N4O3S. The number of alkyl halides is 4. The molecule has 0 bridgehead atoms. The first kappa shape index (κ1) is 26.9. The Labute approximate surface area is 213 Å².